The lowest BCUT2D eigenvalue weighted by Gasteiger charge is -2.29. The zero-order chi connectivity index (χ0) is 20.4. The number of piperidine rings is 1. The molecule has 0 aromatic heterocycles. The van der Waals surface area contributed by atoms with Crippen LogP contribution in [0.3, 0.4) is 0 Å². The summed E-state index contributed by atoms with van der Waals surface area (Å²) in [5.74, 6) is 0.835. The molecule has 9 heteroatoms. The molecule has 0 amide bonds. The number of halogens is 1. The Balaban J connectivity index is 0.00000420. The highest BCUT2D eigenvalue weighted by Gasteiger charge is 2.11. The maximum atomic E-state index is 11.1. The van der Waals surface area contributed by atoms with Crippen molar-refractivity contribution in [3.8, 4) is 0 Å². The van der Waals surface area contributed by atoms with E-state index in [-0.39, 0.29) is 36.3 Å². The molecule has 1 fully saturated rings. The molecule has 0 atom stereocenters. The topological polar surface area (TPSA) is 74.2 Å². The van der Waals surface area contributed by atoms with Gasteiger partial charge in [-0.3, -0.25) is 4.99 Å². The van der Waals surface area contributed by atoms with Crippen LogP contribution in [-0.4, -0.2) is 78.2 Å². The molecule has 7 nitrogen and oxygen atoms in total. The van der Waals surface area contributed by atoms with E-state index in [1.165, 1.54) is 36.8 Å². The van der Waals surface area contributed by atoms with Crippen LogP contribution in [-0.2, 0) is 21.1 Å². The van der Waals surface area contributed by atoms with Crippen LogP contribution in [0.25, 0.3) is 0 Å². The average Bonchev–Trinajstić information content (AvgIpc) is 2.68. The second-order valence-electron chi connectivity index (χ2n) is 7.29. The van der Waals surface area contributed by atoms with E-state index in [1.807, 2.05) is 7.05 Å². The van der Waals surface area contributed by atoms with Crippen LogP contribution >= 0.6 is 24.0 Å². The molecule has 2 rings (SSSR count). The Bertz CT molecular complexity index is 720. The van der Waals surface area contributed by atoms with Gasteiger partial charge in [-0.25, -0.2) is 8.42 Å². The number of anilines is 1. The number of nitrogens with zero attached hydrogens (tertiary/aromatic N) is 3. The molecule has 0 aliphatic carbocycles. The predicted molar refractivity (Wildman–Crippen MR) is 131 cm³/mol. The standard InChI is InChI=1S/C20H34N4O3S.HI/c1-21-20(22-11-14-27-15-16-28(3,25)26)23(2)17-18-7-9-19(10-8-18)24-12-5-4-6-13-24;/h7-10H,4-6,11-17H2,1-3H3,(H,21,22);1H. The Morgan fingerprint density at radius 3 is 2.41 bits per heavy atom. The van der Waals surface area contributed by atoms with Crippen molar-refractivity contribution in [2.45, 2.75) is 25.8 Å². The van der Waals surface area contributed by atoms with Gasteiger partial charge in [-0.2, -0.15) is 0 Å². The van der Waals surface area contributed by atoms with Crippen molar-refractivity contribution in [2.24, 2.45) is 4.99 Å². The van der Waals surface area contributed by atoms with Crippen LogP contribution < -0.4 is 10.2 Å². The number of guanidine groups is 1. The second kappa shape index (κ2) is 13.3. The SMILES string of the molecule is CN=C(NCCOCCS(C)(=O)=O)N(C)Cc1ccc(N2CCCCC2)cc1.I. The number of benzene rings is 1. The van der Waals surface area contributed by atoms with Gasteiger partial charge in [0.1, 0.15) is 9.84 Å². The van der Waals surface area contributed by atoms with E-state index < -0.39 is 9.84 Å². The zero-order valence-corrected chi connectivity index (χ0v) is 20.9. The molecule has 1 aliphatic heterocycles. The van der Waals surface area contributed by atoms with E-state index in [9.17, 15) is 8.42 Å². The zero-order valence-electron chi connectivity index (χ0n) is 17.8. The van der Waals surface area contributed by atoms with Crippen molar-refractivity contribution < 1.29 is 13.2 Å². The first-order valence-corrected chi connectivity index (χ1v) is 12.0. The number of sulfone groups is 1. The number of ether oxygens (including phenoxy) is 1. The lowest BCUT2D eigenvalue weighted by atomic mass is 10.1. The van der Waals surface area contributed by atoms with Crippen molar-refractivity contribution in [1.29, 1.82) is 0 Å². The van der Waals surface area contributed by atoms with E-state index >= 15 is 0 Å². The minimum Gasteiger partial charge on any atom is -0.379 e. The van der Waals surface area contributed by atoms with E-state index in [0.29, 0.717) is 13.2 Å². The van der Waals surface area contributed by atoms with Gasteiger partial charge in [-0.15, -0.1) is 24.0 Å². The minimum absolute atomic E-state index is 0. The normalized spacial score (nSPS) is 15.0. The summed E-state index contributed by atoms with van der Waals surface area (Å²) in [5, 5.41) is 3.24. The first kappa shape index (κ1) is 26.0. The first-order chi connectivity index (χ1) is 13.4. The molecular weight excluding hydrogens is 503 g/mol. The highest BCUT2D eigenvalue weighted by Crippen LogP contribution is 2.20. The van der Waals surface area contributed by atoms with Gasteiger partial charge in [0.25, 0.3) is 0 Å². The summed E-state index contributed by atoms with van der Waals surface area (Å²) >= 11 is 0. The Hall–Kier alpha value is -1.07. The summed E-state index contributed by atoms with van der Waals surface area (Å²) in [6.45, 7) is 4.30. The number of hydrogen-bond acceptors (Lipinski definition) is 5. The summed E-state index contributed by atoms with van der Waals surface area (Å²) in [5.41, 5.74) is 2.54. The van der Waals surface area contributed by atoms with Crippen LogP contribution in [0, 0.1) is 0 Å². The van der Waals surface area contributed by atoms with E-state index in [2.05, 4.69) is 44.4 Å². The molecule has 0 spiro atoms. The lowest BCUT2D eigenvalue weighted by molar-refractivity contribution is 0.153. The third-order valence-corrected chi connectivity index (χ3v) is 5.69. The summed E-state index contributed by atoms with van der Waals surface area (Å²) in [4.78, 5) is 8.83. The van der Waals surface area contributed by atoms with Gasteiger partial charge in [0.2, 0.25) is 0 Å². The number of aliphatic imine (C=N–C) groups is 1. The largest absolute Gasteiger partial charge is 0.379 e. The Kier molecular flexibility index (Phi) is 11.9. The van der Waals surface area contributed by atoms with Gasteiger partial charge in [0.05, 0.1) is 19.0 Å². The van der Waals surface area contributed by atoms with Gasteiger partial charge < -0.3 is 19.9 Å². The van der Waals surface area contributed by atoms with Crippen molar-refractivity contribution >= 4 is 45.5 Å². The van der Waals surface area contributed by atoms with Gasteiger partial charge >= 0.3 is 0 Å². The van der Waals surface area contributed by atoms with Crippen LogP contribution in [0.1, 0.15) is 24.8 Å². The third-order valence-electron chi connectivity index (χ3n) is 4.78. The van der Waals surface area contributed by atoms with Crippen LogP contribution in [0.5, 0.6) is 0 Å². The summed E-state index contributed by atoms with van der Waals surface area (Å²) in [6, 6.07) is 8.78. The van der Waals surface area contributed by atoms with E-state index in [4.69, 9.17) is 4.74 Å². The molecule has 1 heterocycles. The molecule has 1 N–H and O–H groups in total. The quantitative estimate of drug-likeness (QED) is 0.225. The minimum atomic E-state index is -2.97. The molecule has 1 aliphatic rings. The molecule has 0 bridgehead atoms. The second-order valence-corrected chi connectivity index (χ2v) is 9.55. The fraction of sp³-hybridized carbons (Fsp3) is 0.650. The fourth-order valence-electron chi connectivity index (χ4n) is 3.25. The molecular formula is C20H35IN4O3S. The Morgan fingerprint density at radius 1 is 1.17 bits per heavy atom. The summed E-state index contributed by atoms with van der Waals surface area (Å²) < 4.78 is 27.5. The van der Waals surface area contributed by atoms with Crippen molar-refractivity contribution in [3.05, 3.63) is 29.8 Å². The average molecular weight is 538 g/mol. The van der Waals surface area contributed by atoms with Gasteiger partial charge in [-0.05, 0) is 37.0 Å². The monoisotopic (exact) mass is 538 g/mol. The van der Waals surface area contributed by atoms with Crippen LogP contribution in [0.2, 0.25) is 0 Å². The molecule has 0 radical (unpaired) electrons. The highest BCUT2D eigenvalue weighted by molar-refractivity contribution is 14.0. The number of rotatable bonds is 9. The third kappa shape index (κ3) is 9.99. The maximum absolute atomic E-state index is 11.1. The predicted octanol–water partition coefficient (Wildman–Crippen LogP) is 2.36. The van der Waals surface area contributed by atoms with Crippen molar-refractivity contribution in [2.75, 3.05) is 63.9 Å². The first-order valence-electron chi connectivity index (χ1n) is 9.90. The van der Waals surface area contributed by atoms with Gasteiger partial charge in [-0.1, -0.05) is 12.1 Å². The molecule has 1 aromatic rings. The van der Waals surface area contributed by atoms with E-state index in [1.54, 1.807) is 7.05 Å². The number of nitrogens with one attached hydrogen (secondary N) is 1. The maximum Gasteiger partial charge on any atom is 0.193 e. The molecule has 29 heavy (non-hydrogen) atoms. The van der Waals surface area contributed by atoms with Crippen LogP contribution in [0.4, 0.5) is 5.69 Å². The van der Waals surface area contributed by atoms with Crippen molar-refractivity contribution in [1.82, 2.24) is 10.2 Å². The van der Waals surface area contributed by atoms with Gasteiger partial charge in [0, 0.05) is 52.2 Å². The van der Waals surface area contributed by atoms with Gasteiger partial charge in [0.15, 0.2) is 5.96 Å². The molecule has 0 saturated carbocycles. The summed E-state index contributed by atoms with van der Waals surface area (Å²) in [7, 11) is 0.780. The smallest absolute Gasteiger partial charge is 0.193 e. The Morgan fingerprint density at radius 2 is 1.83 bits per heavy atom. The number of hydrogen-bond donors (Lipinski definition) is 1. The van der Waals surface area contributed by atoms with Crippen LogP contribution in [0.15, 0.2) is 29.3 Å². The highest BCUT2D eigenvalue weighted by atomic mass is 127. The molecule has 166 valence electrons. The molecule has 1 saturated heterocycles. The van der Waals surface area contributed by atoms with E-state index in [0.717, 1.165) is 25.6 Å². The lowest BCUT2D eigenvalue weighted by Crippen LogP contribution is -2.40. The Labute approximate surface area is 192 Å². The molecule has 1 aromatic carbocycles. The van der Waals surface area contributed by atoms with Crippen molar-refractivity contribution in [3.63, 3.8) is 0 Å². The molecule has 0 unspecified atom stereocenters. The fourth-order valence-corrected chi connectivity index (χ4v) is 3.67. The summed E-state index contributed by atoms with van der Waals surface area (Å²) in [6.07, 6.45) is 5.12.